The second kappa shape index (κ2) is 8.01. The molecule has 0 aliphatic heterocycles. The van der Waals surface area contributed by atoms with Crippen molar-refractivity contribution in [3.05, 3.63) is 58.2 Å². The second-order valence-electron chi connectivity index (χ2n) is 5.19. The molecule has 0 bridgehead atoms. The molecule has 1 amide bonds. The van der Waals surface area contributed by atoms with Crippen LogP contribution in [0.25, 0.3) is 0 Å². The maximum Gasteiger partial charge on any atom is 0.441 e. The van der Waals surface area contributed by atoms with Crippen molar-refractivity contribution in [3.63, 3.8) is 0 Å². The number of carbonyl (C=O) groups excluding carboxylic acids is 2. The first-order chi connectivity index (χ1) is 12.6. The first-order valence-electron chi connectivity index (χ1n) is 7.22. The van der Waals surface area contributed by atoms with Crippen LogP contribution in [0.2, 0.25) is 10.0 Å². The second-order valence-corrected chi connectivity index (χ2v) is 6.06. The van der Waals surface area contributed by atoms with E-state index in [1.807, 2.05) is 5.32 Å². The van der Waals surface area contributed by atoms with Gasteiger partial charge in [0.05, 0.1) is 12.1 Å². The standard InChI is InChI=1S/C16H12Cl2F3N3O3/c1-27-14(26)15(16(19,20)21,23-12-7-6-11(18)8-22-12)24-13(25)9-2-4-10(17)5-3-9/h2-8H,1H3,(H,22,23)(H,24,25). The number of methoxy groups -OCH3 is 1. The number of hydrogen-bond acceptors (Lipinski definition) is 5. The van der Waals surface area contributed by atoms with Crippen molar-refractivity contribution in [2.24, 2.45) is 0 Å². The highest BCUT2D eigenvalue weighted by Crippen LogP contribution is 2.33. The molecule has 6 nitrogen and oxygen atoms in total. The third kappa shape index (κ3) is 4.61. The van der Waals surface area contributed by atoms with Crippen molar-refractivity contribution >= 4 is 40.9 Å². The van der Waals surface area contributed by atoms with Crippen LogP contribution in [0.3, 0.4) is 0 Å². The Morgan fingerprint density at radius 1 is 1.04 bits per heavy atom. The third-order valence-corrected chi connectivity index (χ3v) is 3.84. The minimum atomic E-state index is -5.27. The lowest BCUT2D eigenvalue weighted by Gasteiger charge is -2.34. The number of aromatic nitrogens is 1. The number of pyridine rings is 1. The minimum Gasteiger partial charge on any atom is -0.466 e. The van der Waals surface area contributed by atoms with Gasteiger partial charge in [-0.15, -0.1) is 0 Å². The predicted octanol–water partition coefficient (Wildman–Crippen LogP) is 3.66. The van der Waals surface area contributed by atoms with Gasteiger partial charge in [-0.2, -0.15) is 13.2 Å². The van der Waals surface area contributed by atoms with Gasteiger partial charge in [0, 0.05) is 16.8 Å². The molecule has 1 aromatic heterocycles. The maximum atomic E-state index is 13.9. The smallest absolute Gasteiger partial charge is 0.441 e. The van der Waals surface area contributed by atoms with Gasteiger partial charge in [0.2, 0.25) is 0 Å². The number of esters is 1. The number of benzene rings is 1. The number of nitrogens with one attached hydrogen (secondary N) is 2. The summed E-state index contributed by atoms with van der Waals surface area (Å²) < 4.78 is 45.9. The fourth-order valence-corrected chi connectivity index (χ4v) is 2.27. The summed E-state index contributed by atoms with van der Waals surface area (Å²) in [6, 6.07) is 7.42. The number of rotatable bonds is 5. The van der Waals surface area contributed by atoms with E-state index >= 15 is 0 Å². The van der Waals surface area contributed by atoms with Gasteiger partial charge in [-0.25, -0.2) is 9.78 Å². The molecule has 1 aromatic carbocycles. The summed E-state index contributed by atoms with van der Waals surface area (Å²) in [5, 5.41) is 4.00. The molecule has 2 aromatic rings. The van der Waals surface area contributed by atoms with Crippen molar-refractivity contribution in [1.82, 2.24) is 10.3 Å². The van der Waals surface area contributed by atoms with Crippen molar-refractivity contribution in [1.29, 1.82) is 0 Å². The van der Waals surface area contributed by atoms with Crippen molar-refractivity contribution < 1.29 is 27.5 Å². The van der Waals surface area contributed by atoms with Crippen LogP contribution < -0.4 is 10.6 Å². The molecular weight excluding hydrogens is 410 g/mol. The summed E-state index contributed by atoms with van der Waals surface area (Å²) in [6.07, 6.45) is -4.20. The normalized spacial score (nSPS) is 13.4. The van der Waals surface area contributed by atoms with Gasteiger partial charge in [0.25, 0.3) is 5.91 Å². The lowest BCUT2D eigenvalue weighted by Crippen LogP contribution is -2.69. The van der Waals surface area contributed by atoms with E-state index < -0.39 is 23.7 Å². The molecule has 1 atom stereocenters. The molecule has 0 spiro atoms. The molecule has 11 heteroatoms. The number of carbonyl (C=O) groups is 2. The fourth-order valence-electron chi connectivity index (χ4n) is 2.03. The molecule has 0 fully saturated rings. The number of halogens is 5. The molecule has 2 rings (SSSR count). The van der Waals surface area contributed by atoms with Gasteiger partial charge in [0.1, 0.15) is 5.82 Å². The Kier molecular flexibility index (Phi) is 6.17. The number of anilines is 1. The van der Waals surface area contributed by atoms with Crippen molar-refractivity contribution in [2.45, 2.75) is 11.8 Å². The summed E-state index contributed by atoms with van der Waals surface area (Å²) in [6.45, 7) is 0. The summed E-state index contributed by atoms with van der Waals surface area (Å²) in [5.41, 5.74) is -3.73. The number of alkyl halides is 3. The van der Waals surface area contributed by atoms with Crippen LogP contribution in [-0.2, 0) is 9.53 Å². The van der Waals surface area contributed by atoms with Crippen molar-refractivity contribution in [3.8, 4) is 0 Å². The minimum absolute atomic E-state index is 0.150. The van der Waals surface area contributed by atoms with Gasteiger partial charge in [0.15, 0.2) is 0 Å². The Morgan fingerprint density at radius 2 is 1.63 bits per heavy atom. The van der Waals surface area contributed by atoms with Gasteiger partial charge >= 0.3 is 17.8 Å². The van der Waals surface area contributed by atoms with Gasteiger partial charge < -0.3 is 15.4 Å². The third-order valence-electron chi connectivity index (χ3n) is 3.37. The van der Waals surface area contributed by atoms with Crippen LogP contribution in [0.4, 0.5) is 19.0 Å². The number of ether oxygens (including phenoxy) is 1. The van der Waals surface area contributed by atoms with E-state index in [2.05, 4.69) is 9.72 Å². The lowest BCUT2D eigenvalue weighted by molar-refractivity contribution is -0.203. The average molecular weight is 422 g/mol. The predicted molar refractivity (Wildman–Crippen MR) is 92.6 cm³/mol. The van der Waals surface area contributed by atoms with Crippen LogP contribution in [0.15, 0.2) is 42.6 Å². The van der Waals surface area contributed by atoms with Crippen molar-refractivity contribution in [2.75, 3.05) is 12.4 Å². The lowest BCUT2D eigenvalue weighted by atomic mass is 10.1. The largest absolute Gasteiger partial charge is 0.466 e. The first kappa shape index (κ1) is 20.8. The number of hydrogen-bond donors (Lipinski definition) is 2. The molecule has 1 heterocycles. The van der Waals surface area contributed by atoms with E-state index in [1.165, 1.54) is 30.3 Å². The highest BCUT2D eigenvalue weighted by Gasteiger charge is 2.63. The van der Waals surface area contributed by atoms with Crippen LogP contribution in [0.1, 0.15) is 10.4 Å². The zero-order valence-electron chi connectivity index (χ0n) is 13.6. The molecule has 0 saturated heterocycles. The molecular formula is C16H12Cl2F3N3O3. The van der Waals surface area contributed by atoms with Crippen LogP contribution in [-0.4, -0.2) is 35.8 Å². The summed E-state index contributed by atoms with van der Waals surface area (Å²) in [4.78, 5) is 28.1. The van der Waals surface area contributed by atoms with Gasteiger partial charge in [-0.3, -0.25) is 4.79 Å². The van der Waals surface area contributed by atoms with E-state index in [0.29, 0.717) is 0 Å². The molecule has 0 radical (unpaired) electrons. The topological polar surface area (TPSA) is 80.3 Å². The molecule has 144 valence electrons. The first-order valence-corrected chi connectivity index (χ1v) is 7.97. The maximum absolute atomic E-state index is 13.9. The van der Waals surface area contributed by atoms with E-state index in [9.17, 15) is 22.8 Å². The molecule has 1 unspecified atom stereocenters. The quantitative estimate of drug-likeness (QED) is 0.568. The van der Waals surface area contributed by atoms with Crippen LogP contribution >= 0.6 is 23.2 Å². The van der Waals surface area contributed by atoms with Gasteiger partial charge in [-0.05, 0) is 36.4 Å². The Morgan fingerprint density at radius 3 is 2.11 bits per heavy atom. The highest BCUT2D eigenvalue weighted by molar-refractivity contribution is 6.30. The molecule has 0 saturated carbocycles. The summed E-state index contributed by atoms with van der Waals surface area (Å²) in [5.74, 6) is -3.33. The summed E-state index contributed by atoms with van der Waals surface area (Å²) in [7, 11) is 0.758. The van der Waals surface area contributed by atoms with E-state index in [-0.39, 0.29) is 21.4 Å². The number of nitrogens with zero attached hydrogens (tertiary/aromatic N) is 1. The SMILES string of the molecule is COC(=O)C(NC(=O)c1ccc(Cl)cc1)(Nc1ccc(Cl)cn1)C(F)(F)F. The van der Waals surface area contributed by atoms with Crippen LogP contribution in [0, 0.1) is 0 Å². The highest BCUT2D eigenvalue weighted by atomic mass is 35.5. The zero-order valence-corrected chi connectivity index (χ0v) is 15.1. The Hall–Kier alpha value is -2.52. The Labute approximate surface area is 161 Å². The summed E-state index contributed by atoms with van der Waals surface area (Å²) >= 11 is 11.4. The molecule has 27 heavy (non-hydrogen) atoms. The fraction of sp³-hybridized carbons (Fsp3) is 0.188. The zero-order chi connectivity index (χ0) is 20.2. The Balaban J connectivity index is 2.46. The molecule has 0 aliphatic carbocycles. The van der Waals surface area contributed by atoms with Crippen LogP contribution in [0.5, 0.6) is 0 Å². The van der Waals surface area contributed by atoms with Gasteiger partial charge in [-0.1, -0.05) is 23.2 Å². The van der Waals surface area contributed by atoms with E-state index in [4.69, 9.17) is 23.2 Å². The van der Waals surface area contributed by atoms with E-state index in [0.717, 1.165) is 19.4 Å². The molecule has 2 N–H and O–H groups in total. The Bertz CT molecular complexity index is 830. The number of amides is 1. The average Bonchev–Trinajstić information content (AvgIpc) is 2.61. The monoisotopic (exact) mass is 421 g/mol. The van der Waals surface area contributed by atoms with E-state index in [1.54, 1.807) is 5.32 Å². The molecule has 0 aliphatic rings.